The van der Waals surface area contributed by atoms with Crippen molar-refractivity contribution in [3.05, 3.63) is 126 Å². The highest BCUT2D eigenvalue weighted by molar-refractivity contribution is 7.90. The van der Waals surface area contributed by atoms with Gasteiger partial charge in [0.2, 0.25) is 0 Å². The molecular weight excluding hydrogens is 410 g/mol. The van der Waals surface area contributed by atoms with Crippen LogP contribution in [-0.4, -0.2) is 14.3 Å². The lowest BCUT2D eigenvalue weighted by atomic mass is 9.98. The molecule has 1 N–H and O–H groups in total. The predicted molar refractivity (Wildman–Crippen MR) is 118 cm³/mol. The van der Waals surface area contributed by atoms with Crippen molar-refractivity contribution in [1.82, 2.24) is 5.32 Å². The maximum atomic E-state index is 12.9. The Morgan fingerprint density at radius 3 is 1.81 bits per heavy atom. The fraction of sp³-hybridized carbons (Fsp3) is 0.0800. The molecule has 0 saturated heterocycles. The second kappa shape index (κ2) is 9.02. The molecule has 1 aromatic heterocycles. The summed E-state index contributed by atoms with van der Waals surface area (Å²) < 4.78 is 30.7. The maximum Gasteiger partial charge on any atom is 0.287 e. The summed E-state index contributed by atoms with van der Waals surface area (Å²) in [7, 11) is -3.56. The largest absolute Gasteiger partial charge is 0.455 e. The fourth-order valence-corrected chi connectivity index (χ4v) is 4.60. The molecule has 1 amide bonds. The number of benzene rings is 3. The van der Waals surface area contributed by atoms with E-state index in [2.05, 4.69) is 5.32 Å². The molecule has 4 rings (SSSR count). The number of carbonyl (C=O) groups is 1. The molecule has 0 saturated carbocycles. The summed E-state index contributed by atoms with van der Waals surface area (Å²) in [5.41, 5.74) is 1.86. The number of hydrogen-bond donors (Lipinski definition) is 1. The van der Waals surface area contributed by atoms with Crippen LogP contribution in [0.2, 0.25) is 0 Å². The van der Waals surface area contributed by atoms with Crippen LogP contribution in [-0.2, 0) is 15.6 Å². The standard InChI is InChI=1S/C25H21NO4S/c27-25(26-24(19-10-4-1-5-11-19)20-12-6-2-7-13-20)23-17-16-21(30-23)18-31(28,29)22-14-8-3-9-15-22/h1-17,24H,18H2,(H,26,27). The lowest BCUT2D eigenvalue weighted by Gasteiger charge is -2.19. The smallest absolute Gasteiger partial charge is 0.287 e. The molecule has 4 aromatic rings. The second-order valence-corrected chi connectivity index (χ2v) is 9.06. The van der Waals surface area contributed by atoms with Crippen molar-refractivity contribution < 1.29 is 17.6 Å². The van der Waals surface area contributed by atoms with E-state index in [9.17, 15) is 13.2 Å². The highest BCUT2D eigenvalue weighted by atomic mass is 32.2. The molecule has 5 nitrogen and oxygen atoms in total. The van der Waals surface area contributed by atoms with Crippen molar-refractivity contribution >= 4 is 15.7 Å². The first-order valence-corrected chi connectivity index (χ1v) is 11.5. The van der Waals surface area contributed by atoms with Crippen molar-refractivity contribution in [3.8, 4) is 0 Å². The van der Waals surface area contributed by atoms with Gasteiger partial charge < -0.3 is 9.73 Å². The van der Waals surface area contributed by atoms with Gasteiger partial charge in [0.25, 0.3) is 5.91 Å². The van der Waals surface area contributed by atoms with Crippen LogP contribution in [0.3, 0.4) is 0 Å². The number of rotatable bonds is 7. The minimum Gasteiger partial charge on any atom is -0.455 e. The number of hydrogen-bond acceptors (Lipinski definition) is 4. The van der Waals surface area contributed by atoms with Gasteiger partial charge in [-0.15, -0.1) is 0 Å². The summed E-state index contributed by atoms with van der Waals surface area (Å²) in [6.07, 6.45) is 0. The quantitative estimate of drug-likeness (QED) is 0.457. The van der Waals surface area contributed by atoms with Crippen LogP contribution in [0.1, 0.15) is 33.5 Å². The third-order valence-corrected chi connectivity index (χ3v) is 6.52. The van der Waals surface area contributed by atoms with Crippen molar-refractivity contribution in [2.24, 2.45) is 0 Å². The fourth-order valence-electron chi connectivity index (χ4n) is 3.33. The Morgan fingerprint density at radius 2 is 1.26 bits per heavy atom. The highest BCUT2D eigenvalue weighted by Crippen LogP contribution is 2.23. The van der Waals surface area contributed by atoms with E-state index < -0.39 is 15.7 Å². The lowest BCUT2D eigenvalue weighted by molar-refractivity contribution is 0.0913. The van der Waals surface area contributed by atoms with Crippen LogP contribution in [0.25, 0.3) is 0 Å². The Hall–Kier alpha value is -3.64. The molecule has 1 heterocycles. The van der Waals surface area contributed by atoms with Crippen molar-refractivity contribution in [3.63, 3.8) is 0 Å². The topological polar surface area (TPSA) is 76.4 Å². The number of amides is 1. The molecule has 31 heavy (non-hydrogen) atoms. The molecule has 0 atom stereocenters. The third-order valence-electron chi connectivity index (χ3n) is 4.86. The molecule has 3 aromatic carbocycles. The Bertz CT molecular complexity index is 1210. The molecule has 0 fully saturated rings. The zero-order valence-corrected chi connectivity index (χ0v) is 17.5. The van der Waals surface area contributed by atoms with Gasteiger partial charge in [-0.25, -0.2) is 8.42 Å². The van der Waals surface area contributed by atoms with Gasteiger partial charge in [0.1, 0.15) is 11.5 Å². The molecule has 0 spiro atoms. The van der Waals surface area contributed by atoms with E-state index in [0.29, 0.717) is 0 Å². The molecule has 0 unspecified atom stereocenters. The van der Waals surface area contributed by atoms with Crippen molar-refractivity contribution in [2.75, 3.05) is 0 Å². The SMILES string of the molecule is O=C(NC(c1ccccc1)c1ccccc1)c1ccc(CS(=O)(=O)c2ccccc2)o1. The second-order valence-electron chi connectivity index (χ2n) is 7.07. The maximum absolute atomic E-state index is 12.9. The molecule has 0 bridgehead atoms. The predicted octanol–water partition coefficient (Wildman–Crippen LogP) is 4.77. The summed E-state index contributed by atoms with van der Waals surface area (Å²) in [5, 5.41) is 2.99. The van der Waals surface area contributed by atoms with Gasteiger partial charge in [0, 0.05) is 0 Å². The van der Waals surface area contributed by atoms with Gasteiger partial charge in [0.15, 0.2) is 15.6 Å². The third kappa shape index (κ3) is 4.92. The van der Waals surface area contributed by atoms with Crippen LogP contribution < -0.4 is 5.32 Å². The summed E-state index contributed by atoms with van der Waals surface area (Å²) in [4.78, 5) is 13.1. The van der Waals surface area contributed by atoms with Crippen molar-refractivity contribution in [2.45, 2.75) is 16.7 Å². The Balaban J connectivity index is 1.54. The lowest BCUT2D eigenvalue weighted by Crippen LogP contribution is -2.29. The van der Waals surface area contributed by atoms with E-state index in [1.165, 1.54) is 24.3 Å². The van der Waals surface area contributed by atoms with Crippen LogP contribution >= 0.6 is 0 Å². The number of sulfone groups is 1. The summed E-state index contributed by atoms with van der Waals surface area (Å²) in [6.45, 7) is 0. The highest BCUT2D eigenvalue weighted by Gasteiger charge is 2.22. The average Bonchev–Trinajstić information content (AvgIpc) is 3.27. The zero-order chi connectivity index (χ0) is 21.7. The van der Waals surface area contributed by atoms with E-state index in [4.69, 9.17) is 4.42 Å². The van der Waals surface area contributed by atoms with Crippen LogP contribution in [0.4, 0.5) is 0 Å². The zero-order valence-electron chi connectivity index (χ0n) is 16.6. The molecule has 0 aliphatic heterocycles. The minimum absolute atomic E-state index is 0.0649. The Morgan fingerprint density at radius 1 is 0.742 bits per heavy atom. The van der Waals surface area contributed by atoms with Crippen LogP contribution in [0.5, 0.6) is 0 Å². The van der Waals surface area contributed by atoms with Crippen molar-refractivity contribution in [1.29, 1.82) is 0 Å². The normalized spacial score (nSPS) is 11.4. The first kappa shape index (κ1) is 20.6. The molecule has 0 aliphatic carbocycles. The first-order valence-electron chi connectivity index (χ1n) is 9.80. The summed E-state index contributed by atoms with van der Waals surface area (Å²) in [5.74, 6) is -0.452. The number of carbonyl (C=O) groups excluding carboxylic acids is 1. The minimum atomic E-state index is -3.56. The number of nitrogens with one attached hydrogen (secondary N) is 1. The summed E-state index contributed by atoms with van der Waals surface area (Å²) >= 11 is 0. The first-order chi connectivity index (χ1) is 15.0. The van der Waals surface area contributed by atoms with Gasteiger partial charge >= 0.3 is 0 Å². The van der Waals surface area contributed by atoms with Gasteiger partial charge in [-0.05, 0) is 35.4 Å². The van der Waals surface area contributed by atoms with E-state index >= 15 is 0 Å². The van der Waals surface area contributed by atoms with Gasteiger partial charge in [-0.2, -0.15) is 0 Å². The Kier molecular flexibility index (Phi) is 6.00. The molecular formula is C25H21NO4S. The van der Waals surface area contributed by atoms with E-state index in [1.54, 1.807) is 18.2 Å². The monoisotopic (exact) mass is 431 g/mol. The summed E-state index contributed by atoms with van der Waals surface area (Å²) in [6, 6.07) is 30.1. The van der Waals surface area contributed by atoms with Gasteiger partial charge in [-0.3, -0.25) is 4.79 Å². The van der Waals surface area contributed by atoms with E-state index in [1.807, 2.05) is 60.7 Å². The van der Waals surface area contributed by atoms with Gasteiger partial charge in [0.05, 0.1) is 10.9 Å². The Labute approximate surface area is 181 Å². The average molecular weight is 432 g/mol. The van der Waals surface area contributed by atoms with E-state index in [-0.39, 0.29) is 28.2 Å². The van der Waals surface area contributed by atoms with E-state index in [0.717, 1.165) is 11.1 Å². The van der Waals surface area contributed by atoms with Gasteiger partial charge in [-0.1, -0.05) is 78.9 Å². The molecule has 0 aliphatic rings. The molecule has 0 radical (unpaired) electrons. The van der Waals surface area contributed by atoms with Crippen LogP contribution in [0.15, 0.2) is 112 Å². The van der Waals surface area contributed by atoms with Crippen LogP contribution in [0, 0.1) is 0 Å². The molecule has 6 heteroatoms. The number of furan rings is 1. The molecule has 156 valence electrons.